The number of guanidine groups is 1. The van der Waals surface area contributed by atoms with Gasteiger partial charge in [-0.2, -0.15) is 0 Å². The minimum atomic E-state index is 0.562. The van der Waals surface area contributed by atoms with E-state index in [4.69, 9.17) is 10.5 Å². The van der Waals surface area contributed by atoms with Crippen LogP contribution in [-0.2, 0) is 0 Å². The van der Waals surface area contributed by atoms with E-state index in [0.717, 1.165) is 12.3 Å². The van der Waals surface area contributed by atoms with Crippen LogP contribution in [-0.4, -0.2) is 25.7 Å². The highest BCUT2D eigenvalue weighted by Crippen LogP contribution is 2.48. The number of hydrogen-bond acceptors (Lipinski definition) is 2. The molecule has 2 fully saturated rings. The van der Waals surface area contributed by atoms with Gasteiger partial charge in [0.15, 0.2) is 5.96 Å². The highest BCUT2D eigenvalue weighted by atomic mass is 16.5. The summed E-state index contributed by atoms with van der Waals surface area (Å²) < 4.78 is 5.27. The van der Waals surface area contributed by atoms with Gasteiger partial charge in [0.2, 0.25) is 0 Å². The van der Waals surface area contributed by atoms with Crippen LogP contribution < -0.4 is 15.8 Å². The third-order valence-electron chi connectivity index (χ3n) is 4.40. The standard InChI is InChI=1S/C16H23N3O/c1-20-14-7-2-4-11(8-14)15-9-12(15)10-18-16(17)19-13-5-3-6-13/h2,4,7-8,12-13,15H,3,5-6,9-10H2,1H3,(H3,17,18,19)/t12-,15-/m0/s1. The summed E-state index contributed by atoms with van der Waals surface area (Å²) >= 11 is 0. The fourth-order valence-corrected chi connectivity index (χ4v) is 2.75. The van der Waals surface area contributed by atoms with Crippen LogP contribution in [0.5, 0.6) is 5.75 Å². The maximum absolute atomic E-state index is 5.91. The zero-order chi connectivity index (χ0) is 13.9. The van der Waals surface area contributed by atoms with Crippen LogP contribution in [0.25, 0.3) is 0 Å². The number of benzene rings is 1. The van der Waals surface area contributed by atoms with Crippen LogP contribution in [0.4, 0.5) is 0 Å². The number of methoxy groups -OCH3 is 1. The van der Waals surface area contributed by atoms with Crippen molar-refractivity contribution in [2.24, 2.45) is 16.6 Å². The third-order valence-corrected chi connectivity index (χ3v) is 4.40. The van der Waals surface area contributed by atoms with Crippen LogP contribution in [0.2, 0.25) is 0 Å². The molecule has 2 atom stereocenters. The molecule has 108 valence electrons. The Morgan fingerprint density at radius 2 is 2.30 bits per heavy atom. The summed E-state index contributed by atoms with van der Waals surface area (Å²) in [6.07, 6.45) is 4.97. The fourth-order valence-electron chi connectivity index (χ4n) is 2.75. The second-order valence-electron chi connectivity index (χ2n) is 5.88. The molecule has 3 N–H and O–H groups in total. The Labute approximate surface area is 120 Å². The number of nitrogens with one attached hydrogen (secondary N) is 1. The van der Waals surface area contributed by atoms with Crippen molar-refractivity contribution in [2.75, 3.05) is 13.7 Å². The largest absolute Gasteiger partial charge is 0.497 e. The SMILES string of the molecule is COc1cccc([C@@H]2C[C@H]2CN=C(N)NC2CCC2)c1. The van der Waals surface area contributed by atoms with Crippen molar-refractivity contribution < 1.29 is 4.74 Å². The summed E-state index contributed by atoms with van der Waals surface area (Å²) in [7, 11) is 1.71. The number of aliphatic imine (C=N–C) groups is 1. The van der Waals surface area contributed by atoms with Gasteiger partial charge in [0.1, 0.15) is 5.75 Å². The first-order chi connectivity index (χ1) is 9.76. The highest BCUT2D eigenvalue weighted by Gasteiger charge is 2.38. The van der Waals surface area contributed by atoms with Crippen LogP contribution in [0.1, 0.15) is 37.2 Å². The van der Waals surface area contributed by atoms with E-state index in [1.165, 1.54) is 31.2 Å². The molecule has 0 heterocycles. The van der Waals surface area contributed by atoms with E-state index in [1.807, 2.05) is 6.07 Å². The molecule has 3 rings (SSSR count). The lowest BCUT2D eigenvalue weighted by molar-refractivity contribution is 0.382. The predicted octanol–water partition coefficient (Wildman–Crippen LogP) is 2.26. The Hall–Kier alpha value is -1.71. The van der Waals surface area contributed by atoms with Gasteiger partial charge >= 0.3 is 0 Å². The lowest BCUT2D eigenvalue weighted by Crippen LogP contribution is -2.43. The molecule has 0 aliphatic heterocycles. The summed E-state index contributed by atoms with van der Waals surface area (Å²) in [5, 5.41) is 3.28. The van der Waals surface area contributed by atoms with Gasteiger partial charge in [0.05, 0.1) is 7.11 Å². The quantitative estimate of drug-likeness (QED) is 0.639. The van der Waals surface area contributed by atoms with Crippen molar-refractivity contribution >= 4 is 5.96 Å². The first-order valence-electron chi connectivity index (χ1n) is 7.46. The fraction of sp³-hybridized carbons (Fsp3) is 0.562. The molecule has 2 saturated carbocycles. The van der Waals surface area contributed by atoms with E-state index in [-0.39, 0.29) is 0 Å². The summed E-state index contributed by atoms with van der Waals surface area (Å²) in [6.45, 7) is 0.827. The van der Waals surface area contributed by atoms with E-state index >= 15 is 0 Å². The Bertz CT molecular complexity index is 496. The van der Waals surface area contributed by atoms with Crippen molar-refractivity contribution in [3.05, 3.63) is 29.8 Å². The van der Waals surface area contributed by atoms with Gasteiger partial charge < -0.3 is 15.8 Å². The molecule has 1 aromatic carbocycles. The molecule has 0 amide bonds. The second-order valence-corrected chi connectivity index (χ2v) is 5.88. The van der Waals surface area contributed by atoms with E-state index in [9.17, 15) is 0 Å². The molecule has 4 heteroatoms. The Balaban J connectivity index is 1.49. The summed E-state index contributed by atoms with van der Waals surface area (Å²) in [6, 6.07) is 8.91. The van der Waals surface area contributed by atoms with E-state index in [0.29, 0.717) is 23.8 Å². The van der Waals surface area contributed by atoms with Gasteiger partial charge in [-0.05, 0) is 55.2 Å². The minimum absolute atomic E-state index is 0.562. The van der Waals surface area contributed by atoms with E-state index < -0.39 is 0 Å². The molecule has 2 aliphatic carbocycles. The number of rotatable bonds is 5. The predicted molar refractivity (Wildman–Crippen MR) is 81.1 cm³/mol. The third kappa shape index (κ3) is 3.06. The van der Waals surface area contributed by atoms with Gasteiger partial charge in [0, 0.05) is 12.6 Å². The molecular weight excluding hydrogens is 250 g/mol. The molecule has 4 nitrogen and oxygen atoms in total. The topological polar surface area (TPSA) is 59.6 Å². The molecule has 1 aromatic rings. The lowest BCUT2D eigenvalue weighted by Gasteiger charge is -2.26. The molecule has 0 bridgehead atoms. The monoisotopic (exact) mass is 273 g/mol. The molecular formula is C16H23N3O. The van der Waals surface area contributed by atoms with Crippen LogP contribution >= 0.6 is 0 Å². The maximum atomic E-state index is 5.91. The van der Waals surface area contributed by atoms with Gasteiger partial charge in [0.25, 0.3) is 0 Å². The number of nitrogens with zero attached hydrogens (tertiary/aromatic N) is 1. The van der Waals surface area contributed by atoms with Gasteiger partial charge in [-0.1, -0.05) is 12.1 Å². The molecule has 0 radical (unpaired) electrons. The van der Waals surface area contributed by atoms with Crippen molar-refractivity contribution in [1.29, 1.82) is 0 Å². The highest BCUT2D eigenvalue weighted by molar-refractivity contribution is 5.78. The smallest absolute Gasteiger partial charge is 0.188 e. The van der Waals surface area contributed by atoms with E-state index in [1.54, 1.807) is 7.11 Å². The van der Waals surface area contributed by atoms with Gasteiger partial charge in [-0.3, -0.25) is 4.99 Å². The molecule has 2 aliphatic rings. The van der Waals surface area contributed by atoms with Gasteiger partial charge in [-0.15, -0.1) is 0 Å². The molecule has 0 unspecified atom stereocenters. The van der Waals surface area contributed by atoms with Crippen molar-refractivity contribution in [1.82, 2.24) is 5.32 Å². The van der Waals surface area contributed by atoms with Crippen LogP contribution in [0, 0.1) is 5.92 Å². The summed E-state index contributed by atoms with van der Waals surface area (Å²) in [5.74, 6) is 2.79. The Morgan fingerprint density at radius 1 is 1.45 bits per heavy atom. The Kier molecular flexibility index (Phi) is 3.81. The van der Waals surface area contributed by atoms with Gasteiger partial charge in [-0.25, -0.2) is 0 Å². The normalized spacial score (nSPS) is 25.9. The lowest BCUT2D eigenvalue weighted by atomic mass is 9.93. The Morgan fingerprint density at radius 3 is 3.00 bits per heavy atom. The number of hydrogen-bond donors (Lipinski definition) is 2. The number of ether oxygens (including phenoxy) is 1. The number of nitrogens with two attached hydrogens (primary N) is 1. The average molecular weight is 273 g/mol. The van der Waals surface area contributed by atoms with Crippen LogP contribution in [0.15, 0.2) is 29.3 Å². The molecule has 20 heavy (non-hydrogen) atoms. The summed E-state index contributed by atoms with van der Waals surface area (Å²) in [4.78, 5) is 4.48. The molecule has 0 saturated heterocycles. The van der Waals surface area contributed by atoms with E-state index in [2.05, 4.69) is 28.5 Å². The second kappa shape index (κ2) is 5.73. The molecule has 0 spiro atoms. The van der Waals surface area contributed by atoms with Crippen molar-refractivity contribution in [3.63, 3.8) is 0 Å². The minimum Gasteiger partial charge on any atom is -0.497 e. The summed E-state index contributed by atoms with van der Waals surface area (Å²) in [5.41, 5.74) is 7.27. The molecule has 0 aromatic heterocycles. The first-order valence-corrected chi connectivity index (χ1v) is 7.46. The van der Waals surface area contributed by atoms with Crippen LogP contribution in [0.3, 0.4) is 0 Å². The maximum Gasteiger partial charge on any atom is 0.188 e. The zero-order valence-electron chi connectivity index (χ0n) is 12.0. The van der Waals surface area contributed by atoms with Crippen molar-refractivity contribution in [2.45, 2.75) is 37.6 Å². The van der Waals surface area contributed by atoms with Crippen molar-refractivity contribution in [3.8, 4) is 5.75 Å². The average Bonchev–Trinajstić information content (AvgIpc) is 3.20. The zero-order valence-corrected chi connectivity index (χ0v) is 12.0. The first kappa shape index (κ1) is 13.3.